The predicted molar refractivity (Wildman–Crippen MR) is 89.8 cm³/mol. The first-order valence-electron chi connectivity index (χ1n) is 8.49. The minimum absolute atomic E-state index is 0.433. The van der Waals surface area contributed by atoms with Crippen LogP contribution in [0.5, 0.6) is 0 Å². The lowest BCUT2D eigenvalue weighted by molar-refractivity contribution is 0.202. The van der Waals surface area contributed by atoms with E-state index < -0.39 is 0 Å². The fourth-order valence-corrected chi connectivity index (χ4v) is 4.22. The van der Waals surface area contributed by atoms with Crippen LogP contribution in [0.3, 0.4) is 0 Å². The Morgan fingerprint density at radius 1 is 1.38 bits per heavy atom. The third kappa shape index (κ3) is 3.80. The monoisotopic (exact) mass is 306 g/mol. The average molecular weight is 307 g/mol. The maximum absolute atomic E-state index is 6.16. The highest BCUT2D eigenvalue weighted by atomic mass is 35.5. The standard InChI is InChI=1S/C18H27ClN2/c1-2-9-20-18(15-4-3-5-16(19)12-15)8-10-21-13-14-6-7-17(21)11-14/h3-5,12,14,17-18,20H,2,6-11,13H2,1H3. The second kappa shape index (κ2) is 7.13. The molecule has 0 radical (unpaired) electrons. The van der Waals surface area contributed by atoms with Gasteiger partial charge in [-0.3, -0.25) is 0 Å². The second-order valence-electron chi connectivity index (χ2n) is 6.68. The Bertz CT molecular complexity index is 462. The van der Waals surface area contributed by atoms with Crippen LogP contribution in [-0.2, 0) is 0 Å². The molecule has 1 aromatic carbocycles. The van der Waals surface area contributed by atoms with Gasteiger partial charge >= 0.3 is 0 Å². The molecule has 1 saturated heterocycles. The van der Waals surface area contributed by atoms with Crippen molar-refractivity contribution in [2.75, 3.05) is 19.6 Å². The molecule has 1 aliphatic carbocycles. The van der Waals surface area contributed by atoms with Crippen LogP contribution in [-0.4, -0.2) is 30.6 Å². The van der Waals surface area contributed by atoms with Gasteiger partial charge < -0.3 is 10.2 Å². The van der Waals surface area contributed by atoms with E-state index in [4.69, 9.17) is 11.6 Å². The van der Waals surface area contributed by atoms with Gasteiger partial charge in [0.05, 0.1) is 0 Å². The molecule has 2 bridgehead atoms. The zero-order chi connectivity index (χ0) is 14.7. The minimum Gasteiger partial charge on any atom is -0.310 e. The van der Waals surface area contributed by atoms with Crippen molar-refractivity contribution >= 4 is 11.6 Å². The first kappa shape index (κ1) is 15.3. The lowest BCUT2D eigenvalue weighted by Crippen LogP contribution is -2.35. The molecule has 0 amide bonds. The Kier molecular flexibility index (Phi) is 5.20. The quantitative estimate of drug-likeness (QED) is 0.810. The minimum atomic E-state index is 0.433. The molecule has 0 spiro atoms. The Labute approximate surface area is 133 Å². The molecule has 2 fully saturated rings. The summed E-state index contributed by atoms with van der Waals surface area (Å²) >= 11 is 6.16. The van der Waals surface area contributed by atoms with Gasteiger partial charge in [-0.05, 0) is 62.3 Å². The summed E-state index contributed by atoms with van der Waals surface area (Å²) in [5.41, 5.74) is 1.33. The van der Waals surface area contributed by atoms with Gasteiger partial charge in [-0.25, -0.2) is 0 Å². The zero-order valence-electron chi connectivity index (χ0n) is 13.0. The van der Waals surface area contributed by atoms with E-state index in [-0.39, 0.29) is 0 Å². The summed E-state index contributed by atoms with van der Waals surface area (Å²) < 4.78 is 0. The van der Waals surface area contributed by atoms with Gasteiger partial charge in [-0.2, -0.15) is 0 Å². The third-order valence-electron chi connectivity index (χ3n) is 5.12. The second-order valence-corrected chi connectivity index (χ2v) is 7.11. The number of benzene rings is 1. The molecule has 1 saturated carbocycles. The summed E-state index contributed by atoms with van der Waals surface area (Å²) in [5, 5.41) is 4.54. The number of hydrogen-bond acceptors (Lipinski definition) is 2. The molecule has 1 heterocycles. The van der Waals surface area contributed by atoms with Crippen LogP contribution in [0.15, 0.2) is 24.3 Å². The lowest BCUT2D eigenvalue weighted by Gasteiger charge is -2.29. The van der Waals surface area contributed by atoms with E-state index in [1.165, 1.54) is 50.8 Å². The first-order chi connectivity index (χ1) is 10.3. The molecule has 0 aromatic heterocycles. The molecular weight excluding hydrogens is 280 g/mol. The molecular formula is C18H27ClN2. The van der Waals surface area contributed by atoms with E-state index in [0.29, 0.717) is 6.04 Å². The van der Waals surface area contributed by atoms with E-state index in [0.717, 1.165) is 23.5 Å². The predicted octanol–water partition coefficient (Wildman–Crippen LogP) is 4.26. The maximum atomic E-state index is 6.16. The molecule has 3 unspecified atom stereocenters. The largest absolute Gasteiger partial charge is 0.310 e. The highest BCUT2D eigenvalue weighted by Gasteiger charge is 2.37. The van der Waals surface area contributed by atoms with Crippen LogP contribution in [0.4, 0.5) is 0 Å². The van der Waals surface area contributed by atoms with Crippen molar-refractivity contribution in [3.63, 3.8) is 0 Å². The van der Waals surface area contributed by atoms with Crippen LogP contribution in [0.2, 0.25) is 5.02 Å². The van der Waals surface area contributed by atoms with Crippen molar-refractivity contribution in [1.29, 1.82) is 0 Å². The van der Waals surface area contributed by atoms with E-state index in [9.17, 15) is 0 Å². The van der Waals surface area contributed by atoms with Crippen LogP contribution in [0.25, 0.3) is 0 Å². The van der Waals surface area contributed by atoms with Crippen LogP contribution in [0, 0.1) is 5.92 Å². The molecule has 3 heteroatoms. The van der Waals surface area contributed by atoms with Gasteiger partial charge in [0.15, 0.2) is 0 Å². The Morgan fingerprint density at radius 2 is 2.29 bits per heavy atom. The average Bonchev–Trinajstić information content (AvgIpc) is 3.10. The van der Waals surface area contributed by atoms with Gasteiger partial charge in [0.2, 0.25) is 0 Å². The highest BCUT2D eigenvalue weighted by Crippen LogP contribution is 2.37. The molecule has 3 rings (SSSR count). The number of fused-ring (bicyclic) bond motifs is 2. The van der Waals surface area contributed by atoms with Crippen molar-refractivity contribution < 1.29 is 0 Å². The Hall–Kier alpha value is -0.570. The van der Waals surface area contributed by atoms with Gasteiger partial charge in [-0.15, -0.1) is 0 Å². The topological polar surface area (TPSA) is 15.3 Å². The Morgan fingerprint density at radius 3 is 2.95 bits per heavy atom. The van der Waals surface area contributed by atoms with Crippen molar-refractivity contribution in [1.82, 2.24) is 10.2 Å². The van der Waals surface area contributed by atoms with Crippen molar-refractivity contribution in [2.45, 2.75) is 51.1 Å². The first-order valence-corrected chi connectivity index (χ1v) is 8.87. The lowest BCUT2D eigenvalue weighted by atomic mass is 10.0. The van der Waals surface area contributed by atoms with Crippen molar-refractivity contribution in [3.05, 3.63) is 34.9 Å². The molecule has 116 valence electrons. The number of likely N-dealkylation sites (tertiary alicyclic amines) is 1. The van der Waals surface area contributed by atoms with Crippen LogP contribution < -0.4 is 5.32 Å². The number of nitrogens with one attached hydrogen (secondary N) is 1. The molecule has 1 aromatic rings. The molecule has 21 heavy (non-hydrogen) atoms. The molecule has 1 aliphatic heterocycles. The summed E-state index contributed by atoms with van der Waals surface area (Å²) in [6.45, 7) is 5.85. The van der Waals surface area contributed by atoms with Crippen LogP contribution in [0.1, 0.15) is 50.6 Å². The van der Waals surface area contributed by atoms with Gasteiger partial charge in [0.1, 0.15) is 0 Å². The fraction of sp³-hybridized carbons (Fsp3) is 0.667. The normalized spacial score (nSPS) is 26.4. The third-order valence-corrected chi connectivity index (χ3v) is 5.35. The van der Waals surface area contributed by atoms with Crippen LogP contribution >= 0.6 is 11.6 Å². The summed E-state index contributed by atoms with van der Waals surface area (Å²) in [6.07, 6.45) is 6.70. The van der Waals surface area contributed by atoms with E-state index in [1.54, 1.807) is 0 Å². The maximum Gasteiger partial charge on any atom is 0.0409 e. The van der Waals surface area contributed by atoms with Gasteiger partial charge in [-0.1, -0.05) is 30.7 Å². The molecule has 2 aliphatic rings. The highest BCUT2D eigenvalue weighted by molar-refractivity contribution is 6.30. The van der Waals surface area contributed by atoms with E-state index in [1.807, 2.05) is 6.07 Å². The zero-order valence-corrected chi connectivity index (χ0v) is 13.8. The molecule has 2 nitrogen and oxygen atoms in total. The van der Waals surface area contributed by atoms with Gasteiger partial charge in [0.25, 0.3) is 0 Å². The number of rotatable bonds is 7. The molecule has 1 N–H and O–H groups in total. The molecule has 3 atom stereocenters. The number of piperidine rings is 1. The SMILES string of the molecule is CCCNC(CCN1CC2CCC1C2)c1cccc(Cl)c1. The number of hydrogen-bond donors (Lipinski definition) is 1. The Balaban J connectivity index is 1.59. The van der Waals surface area contributed by atoms with E-state index >= 15 is 0 Å². The smallest absolute Gasteiger partial charge is 0.0409 e. The number of nitrogens with zero attached hydrogens (tertiary/aromatic N) is 1. The fourth-order valence-electron chi connectivity index (χ4n) is 4.02. The summed E-state index contributed by atoms with van der Waals surface area (Å²) in [5.74, 6) is 0.989. The summed E-state index contributed by atoms with van der Waals surface area (Å²) in [4.78, 5) is 2.72. The van der Waals surface area contributed by atoms with Crippen molar-refractivity contribution in [2.24, 2.45) is 5.92 Å². The van der Waals surface area contributed by atoms with E-state index in [2.05, 4.69) is 35.3 Å². The number of halogens is 1. The summed E-state index contributed by atoms with van der Waals surface area (Å²) in [6, 6.07) is 9.65. The van der Waals surface area contributed by atoms with Crippen molar-refractivity contribution in [3.8, 4) is 0 Å². The summed E-state index contributed by atoms with van der Waals surface area (Å²) in [7, 11) is 0. The van der Waals surface area contributed by atoms with Gasteiger partial charge in [0, 0.05) is 30.2 Å².